The number of thiocarbonyl (C=S) groups is 1. The Labute approximate surface area is 198 Å². The predicted molar refractivity (Wildman–Crippen MR) is 125 cm³/mol. The van der Waals surface area contributed by atoms with Crippen LogP contribution >= 0.6 is 58.8 Å². The molecule has 1 aromatic heterocycles. The Balaban J connectivity index is 1.68. The standard InChI is InChI=1S/C20H16Cl3NO4S2/c21-13-10-15(23)14(22)9-12(13)16-6-5-11(28-16)8-17-19(27)24(20(29)30-17)7-3-1-2-4-18(25)26/h5-6,8-10H,1-4,7H2,(H,25,26)/b17-8-. The van der Waals surface area contributed by atoms with Gasteiger partial charge in [-0.25, -0.2) is 0 Å². The van der Waals surface area contributed by atoms with Gasteiger partial charge in [-0.1, -0.05) is 65.2 Å². The van der Waals surface area contributed by atoms with Crippen molar-refractivity contribution < 1.29 is 19.1 Å². The van der Waals surface area contributed by atoms with E-state index in [9.17, 15) is 9.59 Å². The molecule has 0 bridgehead atoms. The van der Waals surface area contributed by atoms with E-state index in [1.54, 1.807) is 30.3 Å². The monoisotopic (exact) mass is 503 g/mol. The summed E-state index contributed by atoms with van der Waals surface area (Å²) in [7, 11) is 0. The fraction of sp³-hybridized carbons (Fsp3) is 0.250. The van der Waals surface area contributed by atoms with E-state index in [0.717, 1.165) is 0 Å². The Kier molecular flexibility index (Phi) is 7.87. The molecular formula is C20H16Cl3NO4S2. The van der Waals surface area contributed by atoms with Gasteiger partial charge in [0.05, 0.1) is 20.0 Å². The van der Waals surface area contributed by atoms with Crippen molar-refractivity contribution in [1.82, 2.24) is 4.90 Å². The molecule has 0 atom stereocenters. The summed E-state index contributed by atoms with van der Waals surface area (Å²) in [6, 6.07) is 6.64. The van der Waals surface area contributed by atoms with E-state index >= 15 is 0 Å². The number of hydrogen-bond donors (Lipinski definition) is 1. The van der Waals surface area contributed by atoms with Gasteiger partial charge >= 0.3 is 5.97 Å². The van der Waals surface area contributed by atoms with E-state index in [1.807, 2.05) is 0 Å². The average Bonchev–Trinajstić information content (AvgIpc) is 3.24. The molecule has 5 nitrogen and oxygen atoms in total. The molecule has 1 aromatic carbocycles. The van der Waals surface area contributed by atoms with E-state index in [4.69, 9.17) is 56.5 Å². The van der Waals surface area contributed by atoms with Gasteiger partial charge in [-0.05, 0) is 37.1 Å². The molecule has 0 aliphatic carbocycles. The highest BCUT2D eigenvalue weighted by Gasteiger charge is 2.31. The molecular weight excluding hydrogens is 489 g/mol. The SMILES string of the molecule is O=C(O)CCCCCN1C(=O)/C(=C/c2ccc(-c3cc(Cl)c(Cl)cc3Cl)o2)SC1=S. The number of thioether (sulfide) groups is 1. The van der Waals surface area contributed by atoms with Gasteiger partial charge in [-0.15, -0.1) is 0 Å². The Hall–Kier alpha value is -1.51. The molecule has 1 amide bonds. The molecule has 3 rings (SSSR count). The lowest BCUT2D eigenvalue weighted by molar-refractivity contribution is -0.137. The van der Waals surface area contributed by atoms with Crippen LogP contribution in [0, 0.1) is 0 Å². The highest BCUT2D eigenvalue weighted by atomic mass is 35.5. The highest BCUT2D eigenvalue weighted by molar-refractivity contribution is 8.26. The number of carboxylic acid groups (broad SMARTS) is 1. The zero-order valence-corrected chi connectivity index (χ0v) is 19.4. The number of amides is 1. The van der Waals surface area contributed by atoms with E-state index in [1.165, 1.54) is 16.7 Å². The maximum absolute atomic E-state index is 12.7. The first-order valence-corrected chi connectivity index (χ1v) is 11.3. The number of unbranched alkanes of at least 4 members (excludes halogenated alkanes) is 2. The van der Waals surface area contributed by atoms with Gasteiger partial charge in [0.25, 0.3) is 5.91 Å². The number of nitrogens with zero attached hydrogens (tertiary/aromatic N) is 1. The zero-order chi connectivity index (χ0) is 21.8. The predicted octanol–water partition coefficient (Wildman–Crippen LogP) is 6.75. The summed E-state index contributed by atoms with van der Waals surface area (Å²) in [6.07, 6.45) is 3.75. The van der Waals surface area contributed by atoms with Crippen LogP contribution in [-0.2, 0) is 9.59 Å². The lowest BCUT2D eigenvalue weighted by Gasteiger charge is -2.13. The molecule has 1 N–H and O–H groups in total. The van der Waals surface area contributed by atoms with Crippen molar-refractivity contribution >= 4 is 81.1 Å². The molecule has 0 spiro atoms. The van der Waals surface area contributed by atoms with Gasteiger partial charge in [0.2, 0.25) is 0 Å². The lowest BCUT2D eigenvalue weighted by Crippen LogP contribution is -2.29. The summed E-state index contributed by atoms with van der Waals surface area (Å²) < 4.78 is 6.29. The summed E-state index contributed by atoms with van der Waals surface area (Å²) in [4.78, 5) is 25.2. The van der Waals surface area contributed by atoms with Crippen molar-refractivity contribution in [2.75, 3.05) is 6.54 Å². The van der Waals surface area contributed by atoms with Gasteiger partial charge in [0, 0.05) is 24.6 Å². The van der Waals surface area contributed by atoms with Gasteiger partial charge in [0.1, 0.15) is 15.8 Å². The Morgan fingerprint density at radius 2 is 1.87 bits per heavy atom. The fourth-order valence-electron chi connectivity index (χ4n) is 2.83. The Morgan fingerprint density at radius 1 is 1.13 bits per heavy atom. The van der Waals surface area contributed by atoms with Crippen LogP contribution in [0.2, 0.25) is 15.1 Å². The number of aliphatic carboxylic acids is 1. The molecule has 2 heterocycles. The summed E-state index contributed by atoms with van der Waals surface area (Å²) >= 11 is 24.8. The third kappa shape index (κ3) is 5.59. The van der Waals surface area contributed by atoms with Crippen LogP contribution in [0.15, 0.2) is 33.6 Å². The summed E-state index contributed by atoms with van der Waals surface area (Å²) in [5, 5.41) is 9.79. The van der Waals surface area contributed by atoms with Crippen LogP contribution in [0.4, 0.5) is 0 Å². The van der Waals surface area contributed by atoms with Gasteiger partial charge in [-0.3, -0.25) is 14.5 Å². The highest BCUT2D eigenvalue weighted by Crippen LogP contribution is 2.37. The van der Waals surface area contributed by atoms with Crippen LogP contribution in [0.1, 0.15) is 31.4 Å². The smallest absolute Gasteiger partial charge is 0.303 e. The largest absolute Gasteiger partial charge is 0.481 e. The average molecular weight is 505 g/mol. The normalized spacial score (nSPS) is 15.4. The number of carbonyl (C=O) groups excluding carboxylic acids is 1. The maximum Gasteiger partial charge on any atom is 0.303 e. The summed E-state index contributed by atoms with van der Waals surface area (Å²) in [6.45, 7) is 0.462. The second kappa shape index (κ2) is 10.2. The first-order chi connectivity index (χ1) is 14.3. The number of halogens is 3. The topological polar surface area (TPSA) is 70.8 Å². The molecule has 30 heavy (non-hydrogen) atoms. The molecule has 2 aromatic rings. The van der Waals surface area contributed by atoms with Crippen LogP contribution < -0.4 is 0 Å². The number of hydrogen-bond acceptors (Lipinski definition) is 5. The number of carbonyl (C=O) groups is 2. The van der Waals surface area contributed by atoms with E-state index in [2.05, 4.69) is 0 Å². The second-order valence-corrected chi connectivity index (χ2v) is 9.38. The lowest BCUT2D eigenvalue weighted by atomic mass is 10.2. The number of rotatable bonds is 8. The molecule has 0 radical (unpaired) electrons. The Bertz CT molecular complexity index is 1040. The van der Waals surface area contributed by atoms with Crippen molar-refractivity contribution in [2.24, 2.45) is 0 Å². The van der Waals surface area contributed by atoms with Crippen molar-refractivity contribution in [3.8, 4) is 11.3 Å². The Morgan fingerprint density at radius 3 is 2.60 bits per heavy atom. The first kappa shape index (κ1) is 23.2. The third-order valence-electron chi connectivity index (χ3n) is 4.32. The number of furan rings is 1. The van der Waals surface area contributed by atoms with Gasteiger partial charge in [0.15, 0.2) is 0 Å². The minimum atomic E-state index is -0.816. The van der Waals surface area contributed by atoms with Crippen LogP contribution in [0.5, 0.6) is 0 Å². The first-order valence-electron chi connectivity index (χ1n) is 8.98. The minimum Gasteiger partial charge on any atom is -0.481 e. The molecule has 0 saturated carbocycles. The molecule has 1 saturated heterocycles. The van der Waals surface area contributed by atoms with Crippen molar-refractivity contribution in [3.05, 3.63) is 50.0 Å². The van der Waals surface area contributed by atoms with Gasteiger partial charge in [-0.2, -0.15) is 0 Å². The van der Waals surface area contributed by atoms with E-state index in [-0.39, 0.29) is 12.3 Å². The van der Waals surface area contributed by atoms with Crippen LogP contribution in [0.25, 0.3) is 17.4 Å². The van der Waals surface area contributed by atoms with Crippen molar-refractivity contribution in [1.29, 1.82) is 0 Å². The van der Waals surface area contributed by atoms with Gasteiger partial charge < -0.3 is 9.52 Å². The maximum atomic E-state index is 12.7. The van der Waals surface area contributed by atoms with E-state index < -0.39 is 5.97 Å². The number of carboxylic acids is 1. The minimum absolute atomic E-state index is 0.127. The molecule has 1 aliphatic heterocycles. The molecule has 1 aliphatic rings. The van der Waals surface area contributed by atoms with Crippen LogP contribution in [0.3, 0.4) is 0 Å². The molecule has 158 valence electrons. The van der Waals surface area contributed by atoms with Crippen molar-refractivity contribution in [3.63, 3.8) is 0 Å². The van der Waals surface area contributed by atoms with Crippen molar-refractivity contribution in [2.45, 2.75) is 25.7 Å². The fourth-order valence-corrected chi connectivity index (χ4v) is 4.76. The molecule has 10 heteroatoms. The third-order valence-corrected chi connectivity index (χ3v) is 6.73. The second-order valence-electron chi connectivity index (χ2n) is 6.49. The summed E-state index contributed by atoms with van der Waals surface area (Å²) in [5.41, 5.74) is 0.597. The van der Waals surface area contributed by atoms with Crippen LogP contribution in [-0.4, -0.2) is 32.7 Å². The quantitative estimate of drug-likeness (QED) is 0.185. The van der Waals surface area contributed by atoms with E-state index in [0.29, 0.717) is 67.2 Å². The molecule has 1 fully saturated rings. The summed E-state index contributed by atoms with van der Waals surface area (Å²) in [5.74, 6) is -0.0231. The molecule has 0 unspecified atom stereocenters. The number of benzene rings is 1. The zero-order valence-electron chi connectivity index (χ0n) is 15.5.